The fourth-order valence-corrected chi connectivity index (χ4v) is 3.81. The quantitative estimate of drug-likeness (QED) is 0.526. The van der Waals surface area contributed by atoms with Gasteiger partial charge in [-0.2, -0.15) is 23.7 Å². The van der Waals surface area contributed by atoms with Gasteiger partial charge >= 0.3 is 11.8 Å². The molecule has 0 spiro atoms. The Bertz CT molecular complexity index is 1340. The van der Waals surface area contributed by atoms with Crippen LogP contribution in [0, 0.1) is 11.3 Å². The maximum absolute atomic E-state index is 12.9. The summed E-state index contributed by atoms with van der Waals surface area (Å²) in [5, 5.41) is 15.4. The van der Waals surface area contributed by atoms with Crippen LogP contribution in [0.1, 0.15) is 34.7 Å². The molecule has 3 rings (SSSR count). The molecule has 3 aromatic rings. The predicted molar refractivity (Wildman–Crippen MR) is 111 cm³/mol. The number of hydrogen-bond donors (Lipinski definition) is 1. The Morgan fingerprint density at radius 2 is 2.03 bits per heavy atom. The minimum Gasteiger partial charge on any atom is -0.466 e. The van der Waals surface area contributed by atoms with Gasteiger partial charge < -0.3 is 10.1 Å². The molecule has 2 heterocycles. The number of amides is 1. The highest BCUT2D eigenvalue weighted by Crippen LogP contribution is 2.25. The highest BCUT2D eigenvalue weighted by atomic mass is 35.5. The van der Waals surface area contributed by atoms with Crippen molar-refractivity contribution in [3.05, 3.63) is 58.5 Å². The number of nitrogens with one attached hydrogen (secondary N) is 1. The third-order valence-corrected chi connectivity index (χ3v) is 5.90. The Morgan fingerprint density at radius 3 is 2.61 bits per heavy atom. The number of carbonyl (C=O) groups excluding carboxylic acids is 1. The first kappa shape index (κ1) is 24.0. The molecular weight excluding hydrogens is 482 g/mol. The summed E-state index contributed by atoms with van der Waals surface area (Å²) in [5.74, 6) is -3.98. The number of sulfone groups is 1. The largest absolute Gasteiger partial charge is 0.466 e. The van der Waals surface area contributed by atoms with E-state index in [2.05, 4.69) is 20.4 Å². The number of benzene rings is 1. The van der Waals surface area contributed by atoms with Gasteiger partial charge in [0, 0.05) is 16.8 Å². The minimum atomic E-state index is -4.96. The van der Waals surface area contributed by atoms with Crippen LogP contribution < -0.4 is 10.1 Å². The summed E-state index contributed by atoms with van der Waals surface area (Å²) in [6.45, 7) is 1.56. The van der Waals surface area contributed by atoms with Crippen LogP contribution >= 0.6 is 11.6 Å². The monoisotopic (exact) mass is 496 g/mol. The summed E-state index contributed by atoms with van der Waals surface area (Å²) in [4.78, 5) is 20.3. The van der Waals surface area contributed by atoms with Crippen molar-refractivity contribution in [2.45, 2.75) is 23.6 Å². The van der Waals surface area contributed by atoms with E-state index in [0.717, 1.165) is 18.2 Å². The Kier molecular flexibility index (Phi) is 6.89. The lowest BCUT2D eigenvalue weighted by atomic mass is 10.2. The molecule has 0 fully saturated rings. The molecule has 0 aliphatic carbocycles. The molecule has 1 aromatic carbocycles. The number of hydrogen-bond acceptors (Lipinski definition) is 8. The SMILES string of the molecule is COc1nc([C@H](C)NC(=O)c2cc(Cl)cc(S(=O)(=O)C(F)F)c2)n(-c2ccc(C#N)cn2)n1. The first-order valence-electron chi connectivity index (χ1n) is 9.07. The molecule has 0 aliphatic heterocycles. The van der Waals surface area contributed by atoms with Crippen LogP contribution in [0.15, 0.2) is 41.4 Å². The van der Waals surface area contributed by atoms with E-state index in [0.29, 0.717) is 5.56 Å². The van der Waals surface area contributed by atoms with Crippen LogP contribution in [0.3, 0.4) is 0 Å². The van der Waals surface area contributed by atoms with Crippen LogP contribution in [-0.4, -0.2) is 46.9 Å². The lowest BCUT2D eigenvalue weighted by molar-refractivity contribution is 0.0937. The molecule has 0 unspecified atom stereocenters. The molecule has 0 saturated heterocycles. The molecule has 0 aliphatic rings. The van der Waals surface area contributed by atoms with E-state index in [1.807, 2.05) is 6.07 Å². The van der Waals surface area contributed by atoms with Gasteiger partial charge in [0.1, 0.15) is 6.07 Å². The smallest absolute Gasteiger partial charge is 0.341 e. The number of nitriles is 1. The van der Waals surface area contributed by atoms with Crippen molar-refractivity contribution in [1.29, 1.82) is 5.26 Å². The fraction of sp³-hybridized carbons (Fsp3) is 0.211. The zero-order valence-corrected chi connectivity index (χ0v) is 18.6. The Labute approximate surface area is 191 Å². The van der Waals surface area contributed by atoms with Crippen LogP contribution in [0.5, 0.6) is 6.01 Å². The molecule has 0 saturated carbocycles. The average Bonchev–Trinajstić information content (AvgIpc) is 3.23. The van der Waals surface area contributed by atoms with E-state index in [9.17, 15) is 22.0 Å². The normalized spacial score (nSPS) is 12.3. The Balaban J connectivity index is 1.93. The fourth-order valence-electron chi connectivity index (χ4n) is 2.72. The first-order valence-corrected chi connectivity index (χ1v) is 11.0. The summed E-state index contributed by atoms with van der Waals surface area (Å²) in [7, 11) is -3.61. The van der Waals surface area contributed by atoms with Crippen molar-refractivity contribution in [2.24, 2.45) is 0 Å². The van der Waals surface area contributed by atoms with Crippen molar-refractivity contribution in [3.8, 4) is 17.9 Å². The number of alkyl halides is 2. The number of nitrogens with zero attached hydrogens (tertiary/aromatic N) is 5. The van der Waals surface area contributed by atoms with Gasteiger partial charge in [0.15, 0.2) is 11.6 Å². The van der Waals surface area contributed by atoms with Gasteiger partial charge in [0.2, 0.25) is 9.84 Å². The number of halogens is 3. The third kappa shape index (κ3) is 5.07. The van der Waals surface area contributed by atoms with Gasteiger partial charge in [-0.1, -0.05) is 11.6 Å². The van der Waals surface area contributed by atoms with Crippen molar-refractivity contribution < 1.29 is 26.7 Å². The molecular formula is C19H15ClF2N6O4S. The molecule has 0 radical (unpaired) electrons. The minimum absolute atomic E-state index is 0.0228. The van der Waals surface area contributed by atoms with E-state index >= 15 is 0 Å². The average molecular weight is 497 g/mol. The zero-order chi connectivity index (χ0) is 24.3. The van der Waals surface area contributed by atoms with Gasteiger partial charge in [-0.25, -0.2) is 13.4 Å². The van der Waals surface area contributed by atoms with Gasteiger partial charge in [0.25, 0.3) is 5.91 Å². The standard InChI is InChI=1S/C19H15ClF2N6O4S/c1-10(16-26-19(32-2)27-28(16)15-4-3-11(8-23)9-24-15)25-17(29)12-5-13(20)7-14(6-12)33(30,31)18(21)22/h3-7,9-10,18H,1-2H3,(H,25,29)/t10-/m0/s1. The number of ether oxygens (including phenoxy) is 1. The first-order chi connectivity index (χ1) is 15.6. The molecule has 33 heavy (non-hydrogen) atoms. The van der Waals surface area contributed by atoms with E-state index in [1.54, 1.807) is 6.92 Å². The summed E-state index contributed by atoms with van der Waals surface area (Å²) in [6, 6.07) is 6.91. The highest BCUT2D eigenvalue weighted by molar-refractivity contribution is 7.91. The second-order valence-corrected chi connectivity index (χ2v) is 8.92. The van der Waals surface area contributed by atoms with Gasteiger partial charge in [-0.3, -0.25) is 4.79 Å². The Morgan fingerprint density at radius 1 is 1.30 bits per heavy atom. The lowest BCUT2D eigenvalue weighted by Gasteiger charge is -2.15. The second kappa shape index (κ2) is 9.47. The van der Waals surface area contributed by atoms with E-state index in [1.165, 1.54) is 30.1 Å². The topological polar surface area (TPSA) is 140 Å². The van der Waals surface area contributed by atoms with Crippen LogP contribution in [0.4, 0.5) is 8.78 Å². The summed E-state index contributed by atoms with van der Waals surface area (Å²) in [5.41, 5.74) is 0.0762. The van der Waals surface area contributed by atoms with Crippen molar-refractivity contribution >= 4 is 27.3 Å². The second-order valence-electron chi connectivity index (χ2n) is 6.56. The molecule has 1 amide bonds. The van der Waals surface area contributed by atoms with Crippen molar-refractivity contribution in [1.82, 2.24) is 25.1 Å². The summed E-state index contributed by atoms with van der Waals surface area (Å²) < 4.78 is 55.7. The number of aromatic nitrogens is 4. The van der Waals surface area contributed by atoms with E-state index in [-0.39, 0.29) is 28.2 Å². The molecule has 10 nitrogen and oxygen atoms in total. The Hall–Kier alpha value is -3.63. The van der Waals surface area contributed by atoms with E-state index in [4.69, 9.17) is 21.6 Å². The lowest BCUT2D eigenvalue weighted by Crippen LogP contribution is -2.29. The zero-order valence-electron chi connectivity index (χ0n) is 17.0. The molecule has 0 bridgehead atoms. The van der Waals surface area contributed by atoms with Crippen LogP contribution in [0.25, 0.3) is 5.82 Å². The van der Waals surface area contributed by atoms with Gasteiger partial charge in [-0.15, -0.1) is 5.10 Å². The number of methoxy groups -OCH3 is 1. The summed E-state index contributed by atoms with van der Waals surface area (Å²) >= 11 is 5.85. The number of carbonyl (C=O) groups is 1. The summed E-state index contributed by atoms with van der Waals surface area (Å²) in [6.07, 6.45) is 1.33. The van der Waals surface area contributed by atoms with Crippen molar-refractivity contribution in [2.75, 3.05) is 7.11 Å². The molecule has 1 atom stereocenters. The van der Waals surface area contributed by atoms with E-state index < -0.39 is 32.4 Å². The maximum Gasteiger partial charge on any atom is 0.341 e. The molecule has 1 N–H and O–H groups in total. The number of pyridine rings is 1. The van der Waals surface area contributed by atoms with Crippen molar-refractivity contribution in [3.63, 3.8) is 0 Å². The molecule has 2 aromatic heterocycles. The maximum atomic E-state index is 12.9. The van der Waals surface area contributed by atoms with Crippen LogP contribution in [-0.2, 0) is 9.84 Å². The number of rotatable bonds is 7. The third-order valence-electron chi connectivity index (χ3n) is 4.32. The van der Waals surface area contributed by atoms with Gasteiger partial charge in [0.05, 0.1) is 23.6 Å². The van der Waals surface area contributed by atoms with Crippen LogP contribution in [0.2, 0.25) is 5.02 Å². The highest BCUT2D eigenvalue weighted by Gasteiger charge is 2.28. The van der Waals surface area contributed by atoms with Gasteiger partial charge in [-0.05, 0) is 37.3 Å². The predicted octanol–water partition coefficient (Wildman–Crippen LogP) is 2.68. The molecule has 14 heteroatoms. The molecule has 172 valence electrons.